The molecule has 2 rings (SSSR count). The topological polar surface area (TPSA) is 45.7 Å². The molecule has 0 spiro atoms. The van der Waals surface area contributed by atoms with E-state index in [0.29, 0.717) is 6.61 Å². The second-order valence-electron chi connectivity index (χ2n) is 6.05. The van der Waals surface area contributed by atoms with Gasteiger partial charge in [0.15, 0.2) is 0 Å². The minimum Gasteiger partial charge on any atom is -0.463 e. The van der Waals surface area contributed by atoms with Crippen molar-refractivity contribution >= 4 is 21.9 Å². The number of pyridine rings is 1. The molecule has 0 amide bonds. The molecule has 6 heteroatoms. The van der Waals surface area contributed by atoms with Crippen LogP contribution in [0.3, 0.4) is 0 Å². The first-order valence-corrected chi connectivity index (χ1v) is 8.45. The van der Waals surface area contributed by atoms with Gasteiger partial charge in [-0.15, -0.1) is 0 Å². The van der Waals surface area contributed by atoms with Crippen molar-refractivity contribution in [2.45, 2.75) is 24.7 Å². The number of rotatable bonds is 6. The third kappa shape index (κ3) is 5.66. The summed E-state index contributed by atoms with van der Waals surface area (Å²) in [6, 6.07) is 6.03. The Kier molecular flexibility index (Phi) is 6.35. The molecule has 0 atom stereocenters. The van der Waals surface area contributed by atoms with E-state index >= 15 is 0 Å². The molecular formula is C16H24BrN3O2. The van der Waals surface area contributed by atoms with Gasteiger partial charge < -0.3 is 4.74 Å². The van der Waals surface area contributed by atoms with Crippen molar-refractivity contribution in [2.24, 2.45) is 0 Å². The SMILES string of the molecule is CC(C)(Br)C(=O)OCCN1CCN(Cc2ccccn2)CC1. The molecule has 22 heavy (non-hydrogen) atoms. The van der Waals surface area contributed by atoms with Gasteiger partial charge in [-0.1, -0.05) is 22.0 Å². The van der Waals surface area contributed by atoms with E-state index in [0.717, 1.165) is 45.0 Å². The van der Waals surface area contributed by atoms with E-state index < -0.39 is 4.32 Å². The van der Waals surface area contributed by atoms with Crippen molar-refractivity contribution in [1.29, 1.82) is 0 Å². The average Bonchev–Trinajstić information content (AvgIpc) is 2.49. The molecule has 1 aromatic heterocycles. The first kappa shape index (κ1) is 17.4. The van der Waals surface area contributed by atoms with Crippen LogP contribution in [-0.4, -0.2) is 64.4 Å². The molecule has 0 saturated carbocycles. The number of hydrogen-bond donors (Lipinski definition) is 0. The lowest BCUT2D eigenvalue weighted by Gasteiger charge is -2.34. The quantitative estimate of drug-likeness (QED) is 0.566. The Hall–Kier alpha value is -0.980. The lowest BCUT2D eigenvalue weighted by Crippen LogP contribution is -2.47. The first-order valence-electron chi connectivity index (χ1n) is 7.66. The minimum atomic E-state index is -0.603. The molecule has 0 unspecified atom stereocenters. The van der Waals surface area contributed by atoms with Gasteiger partial charge in [0, 0.05) is 45.5 Å². The van der Waals surface area contributed by atoms with E-state index in [9.17, 15) is 4.79 Å². The third-order valence-corrected chi connectivity index (χ3v) is 4.03. The molecule has 122 valence electrons. The zero-order valence-corrected chi connectivity index (χ0v) is 14.9. The van der Waals surface area contributed by atoms with Crippen LogP contribution in [0.4, 0.5) is 0 Å². The van der Waals surface area contributed by atoms with E-state index in [4.69, 9.17) is 4.74 Å². The number of carbonyl (C=O) groups is 1. The summed E-state index contributed by atoms with van der Waals surface area (Å²) < 4.78 is 4.68. The highest BCUT2D eigenvalue weighted by atomic mass is 79.9. The van der Waals surface area contributed by atoms with Crippen molar-refractivity contribution < 1.29 is 9.53 Å². The number of ether oxygens (including phenoxy) is 1. The summed E-state index contributed by atoms with van der Waals surface area (Å²) in [4.78, 5) is 20.8. The van der Waals surface area contributed by atoms with Crippen LogP contribution in [0.2, 0.25) is 0 Å². The summed E-state index contributed by atoms with van der Waals surface area (Å²) in [5.41, 5.74) is 1.12. The first-order chi connectivity index (χ1) is 10.4. The number of halogens is 1. The Balaban J connectivity index is 1.64. The molecule has 0 radical (unpaired) electrons. The molecule has 2 heterocycles. The number of hydrogen-bond acceptors (Lipinski definition) is 5. The van der Waals surface area contributed by atoms with Gasteiger partial charge in [0.1, 0.15) is 10.9 Å². The Morgan fingerprint density at radius 1 is 1.27 bits per heavy atom. The highest BCUT2D eigenvalue weighted by Crippen LogP contribution is 2.17. The molecule has 0 aromatic carbocycles. The zero-order valence-electron chi connectivity index (χ0n) is 13.3. The molecule has 1 aromatic rings. The van der Waals surface area contributed by atoms with E-state index in [1.54, 1.807) is 13.8 Å². The number of aromatic nitrogens is 1. The Morgan fingerprint density at radius 3 is 2.55 bits per heavy atom. The van der Waals surface area contributed by atoms with E-state index in [1.165, 1.54) is 0 Å². The molecule has 0 bridgehead atoms. The lowest BCUT2D eigenvalue weighted by atomic mass is 10.2. The number of carbonyl (C=O) groups excluding carboxylic acids is 1. The minimum absolute atomic E-state index is 0.207. The van der Waals surface area contributed by atoms with Crippen molar-refractivity contribution in [3.8, 4) is 0 Å². The normalized spacial score (nSPS) is 17.4. The summed E-state index contributed by atoms with van der Waals surface area (Å²) >= 11 is 3.31. The maximum atomic E-state index is 11.7. The second kappa shape index (κ2) is 8.04. The van der Waals surface area contributed by atoms with Crippen LogP contribution in [0.25, 0.3) is 0 Å². The fraction of sp³-hybridized carbons (Fsp3) is 0.625. The second-order valence-corrected chi connectivity index (χ2v) is 8.03. The number of piperazine rings is 1. The van der Waals surface area contributed by atoms with Gasteiger partial charge >= 0.3 is 5.97 Å². The highest BCUT2D eigenvalue weighted by molar-refractivity contribution is 9.10. The fourth-order valence-electron chi connectivity index (χ4n) is 2.33. The summed E-state index contributed by atoms with van der Waals surface area (Å²) in [5, 5.41) is 0. The molecule has 1 fully saturated rings. The maximum Gasteiger partial charge on any atom is 0.322 e. The molecule has 5 nitrogen and oxygen atoms in total. The smallest absolute Gasteiger partial charge is 0.322 e. The lowest BCUT2D eigenvalue weighted by molar-refractivity contribution is -0.145. The van der Waals surface area contributed by atoms with Gasteiger partial charge in [-0.25, -0.2) is 0 Å². The van der Waals surface area contributed by atoms with Crippen molar-refractivity contribution in [3.05, 3.63) is 30.1 Å². The largest absolute Gasteiger partial charge is 0.463 e. The zero-order chi connectivity index (χ0) is 16.0. The van der Waals surface area contributed by atoms with Gasteiger partial charge in [-0.05, 0) is 26.0 Å². The molecular weight excluding hydrogens is 346 g/mol. The van der Waals surface area contributed by atoms with Crippen LogP contribution < -0.4 is 0 Å². The standard InChI is InChI=1S/C16H24BrN3O2/c1-16(2,17)15(21)22-12-11-19-7-9-20(10-8-19)13-14-5-3-4-6-18-14/h3-6H,7-13H2,1-2H3. The summed E-state index contributed by atoms with van der Waals surface area (Å²) in [5.74, 6) is -0.207. The number of esters is 1. The number of nitrogens with zero attached hydrogens (tertiary/aromatic N) is 3. The van der Waals surface area contributed by atoms with Gasteiger partial charge in [0.2, 0.25) is 0 Å². The summed E-state index contributed by atoms with van der Waals surface area (Å²) in [6.07, 6.45) is 1.84. The van der Waals surface area contributed by atoms with Gasteiger partial charge in [-0.3, -0.25) is 19.6 Å². The predicted molar refractivity (Wildman–Crippen MR) is 89.9 cm³/mol. The Labute approximate surface area is 140 Å². The van der Waals surface area contributed by atoms with Gasteiger partial charge in [0.05, 0.1) is 5.69 Å². The summed E-state index contributed by atoms with van der Waals surface area (Å²) in [7, 11) is 0. The number of alkyl halides is 1. The Morgan fingerprint density at radius 2 is 1.95 bits per heavy atom. The van der Waals surface area contributed by atoms with Crippen LogP contribution in [0, 0.1) is 0 Å². The fourth-order valence-corrected chi connectivity index (χ4v) is 2.45. The Bertz CT molecular complexity index is 468. The molecule has 1 aliphatic rings. The van der Waals surface area contributed by atoms with Crippen molar-refractivity contribution in [1.82, 2.24) is 14.8 Å². The van der Waals surface area contributed by atoms with Crippen LogP contribution in [-0.2, 0) is 16.1 Å². The van der Waals surface area contributed by atoms with E-state index in [2.05, 4.69) is 36.8 Å². The highest BCUT2D eigenvalue weighted by Gasteiger charge is 2.25. The molecule has 1 aliphatic heterocycles. The molecule has 0 N–H and O–H groups in total. The van der Waals surface area contributed by atoms with Crippen LogP contribution in [0.5, 0.6) is 0 Å². The van der Waals surface area contributed by atoms with E-state index in [1.807, 2.05) is 18.3 Å². The predicted octanol–water partition coefficient (Wildman–Crippen LogP) is 1.92. The maximum absolute atomic E-state index is 11.7. The van der Waals surface area contributed by atoms with Crippen LogP contribution in [0.1, 0.15) is 19.5 Å². The van der Waals surface area contributed by atoms with Gasteiger partial charge in [0.25, 0.3) is 0 Å². The van der Waals surface area contributed by atoms with Crippen LogP contribution in [0.15, 0.2) is 24.4 Å². The summed E-state index contributed by atoms with van der Waals surface area (Å²) in [6.45, 7) is 9.80. The van der Waals surface area contributed by atoms with E-state index in [-0.39, 0.29) is 5.97 Å². The van der Waals surface area contributed by atoms with Crippen molar-refractivity contribution in [3.63, 3.8) is 0 Å². The third-order valence-electron chi connectivity index (χ3n) is 3.70. The molecule has 1 saturated heterocycles. The van der Waals surface area contributed by atoms with Gasteiger partial charge in [-0.2, -0.15) is 0 Å². The monoisotopic (exact) mass is 369 g/mol. The molecule has 0 aliphatic carbocycles. The van der Waals surface area contributed by atoms with Crippen molar-refractivity contribution in [2.75, 3.05) is 39.3 Å². The average molecular weight is 370 g/mol. The van der Waals surface area contributed by atoms with Crippen LogP contribution >= 0.6 is 15.9 Å².